The summed E-state index contributed by atoms with van der Waals surface area (Å²) >= 11 is 0. The van der Waals surface area contributed by atoms with E-state index < -0.39 is 0 Å². The third-order valence-corrected chi connectivity index (χ3v) is 3.73. The second kappa shape index (κ2) is 5.08. The quantitative estimate of drug-likeness (QED) is 0.739. The molecule has 1 N–H and O–H groups in total. The van der Waals surface area contributed by atoms with Gasteiger partial charge in [-0.05, 0) is 19.9 Å². The second-order valence-corrected chi connectivity index (χ2v) is 5.01. The average Bonchev–Trinajstić information content (AvgIpc) is 2.29. The molecule has 2 rings (SSSR count). The molecule has 1 saturated carbocycles. The van der Waals surface area contributed by atoms with Crippen LogP contribution in [0, 0.1) is 5.92 Å². The highest BCUT2D eigenvalue weighted by atomic mass is 16.1. The molecule has 0 bridgehead atoms. The molecule has 1 saturated heterocycles. The van der Waals surface area contributed by atoms with Crippen LogP contribution in [0.3, 0.4) is 0 Å². The van der Waals surface area contributed by atoms with E-state index >= 15 is 0 Å². The van der Waals surface area contributed by atoms with E-state index in [9.17, 15) is 4.79 Å². The maximum atomic E-state index is 12.2. The first kappa shape index (κ1) is 11.1. The Morgan fingerprint density at radius 2 is 2.00 bits per heavy atom. The Bertz CT molecular complexity index is 224. The Balaban J connectivity index is 1.88. The molecule has 1 unspecified atom stereocenters. The molecule has 1 atom stereocenters. The monoisotopic (exact) mass is 210 g/mol. The summed E-state index contributed by atoms with van der Waals surface area (Å²) < 4.78 is 0. The van der Waals surface area contributed by atoms with Crippen LogP contribution in [0.25, 0.3) is 0 Å². The number of nitrogens with one attached hydrogen (secondary N) is 1. The van der Waals surface area contributed by atoms with Crippen LogP contribution in [0.5, 0.6) is 0 Å². The van der Waals surface area contributed by atoms with Gasteiger partial charge in [-0.25, -0.2) is 0 Å². The first-order valence-corrected chi connectivity index (χ1v) is 6.23. The van der Waals surface area contributed by atoms with Crippen LogP contribution in [0.4, 0.5) is 0 Å². The number of hydrogen-bond donors (Lipinski definition) is 1. The Hall–Kier alpha value is -0.410. The van der Waals surface area contributed by atoms with E-state index in [1.54, 1.807) is 0 Å². The summed E-state index contributed by atoms with van der Waals surface area (Å²) in [6.07, 6.45) is 6.07. The van der Waals surface area contributed by atoms with Gasteiger partial charge >= 0.3 is 0 Å². The van der Waals surface area contributed by atoms with E-state index in [1.807, 2.05) is 0 Å². The summed E-state index contributed by atoms with van der Waals surface area (Å²) in [5, 5.41) is 3.36. The van der Waals surface area contributed by atoms with Gasteiger partial charge in [-0.3, -0.25) is 4.79 Å². The molecule has 86 valence electrons. The van der Waals surface area contributed by atoms with E-state index in [0.29, 0.717) is 11.7 Å². The minimum absolute atomic E-state index is 0.104. The third kappa shape index (κ3) is 2.79. The van der Waals surface area contributed by atoms with Gasteiger partial charge in [0.1, 0.15) is 0 Å². The molecule has 0 aromatic rings. The number of carbonyl (C=O) groups excluding carboxylic acids is 1. The summed E-state index contributed by atoms with van der Waals surface area (Å²) in [7, 11) is 2.10. The summed E-state index contributed by atoms with van der Waals surface area (Å²) in [5.74, 6) is 0.823. The highest BCUT2D eigenvalue weighted by Gasteiger charge is 2.30. The smallest absolute Gasteiger partial charge is 0.154 e. The van der Waals surface area contributed by atoms with Gasteiger partial charge in [0.25, 0.3) is 0 Å². The zero-order valence-electron chi connectivity index (χ0n) is 9.67. The van der Waals surface area contributed by atoms with Crippen molar-refractivity contribution < 1.29 is 4.79 Å². The summed E-state index contributed by atoms with van der Waals surface area (Å²) in [5.41, 5.74) is 0. The number of piperazine rings is 1. The lowest BCUT2D eigenvalue weighted by Gasteiger charge is -2.33. The highest BCUT2D eigenvalue weighted by molar-refractivity contribution is 5.86. The molecule has 1 heterocycles. The van der Waals surface area contributed by atoms with E-state index in [1.165, 1.54) is 19.3 Å². The van der Waals surface area contributed by atoms with Crippen molar-refractivity contribution in [3.05, 3.63) is 0 Å². The molecule has 3 heteroatoms. The molecule has 0 aromatic heterocycles. The predicted molar refractivity (Wildman–Crippen MR) is 60.9 cm³/mol. The molecule has 1 aliphatic carbocycles. The van der Waals surface area contributed by atoms with Crippen LogP contribution in [0.15, 0.2) is 0 Å². The highest BCUT2D eigenvalue weighted by Crippen LogP contribution is 2.25. The number of rotatable bonds is 2. The average molecular weight is 210 g/mol. The fourth-order valence-corrected chi connectivity index (χ4v) is 2.76. The van der Waals surface area contributed by atoms with Crippen molar-refractivity contribution in [3.63, 3.8) is 0 Å². The molecular weight excluding hydrogens is 188 g/mol. The summed E-state index contributed by atoms with van der Waals surface area (Å²) in [4.78, 5) is 14.5. The fourth-order valence-electron chi connectivity index (χ4n) is 2.76. The molecule has 0 aromatic carbocycles. The van der Waals surface area contributed by atoms with E-state index in [2.05, 4.69) is 17.3 Å². The van der Waals surface area contributed by atoms with Crippen molar-refractivity contribution in [1.29, 1.82) is 0 Å². The van der Waals surface area contributed by atoms with Crippen molar-refractivity contribution in [2.24, 2.45) is 5.92 Å². The van der Waals surface area contributed by atoms with Crippen LogP contribution in [-0.2, 0) is 4.79 Å². The first-order chi connectivity index (χ1) is 7.27. The van der Waals surface area contributed by atoms with Gasteiger partial charge in [-0.1, -0.05) is 19.3 Å². The van der Waals surface area contributed by atoms with Gasteiger partial charge in [0.15, 0.2) is 5.78 Å². The van der Waals surface area contributed by atoms with Crippen molar-refractivity contribution >= 4 is 5.78 Å². The van der Waals surface area contributed by atoms with Gasteiger partial charge in [0.2, 0.25) is 0 Å². The number of carbonyl (C=O) groups is 1. The van der Waals surface area contributed by atoms with Crippen molar-refractivity contribution in [1.82, 2.24) is 10.2 Å². The lowest BCUT2D eigenvalue weighted by atomic mass is 9.83. The number of nitrogens with zero attached hydrogens (tertiary/aromatic N) is 1. The van der Waals surface area contributed by atoms with E-state index in [-0.39, 0.29) is 6.04 Å². The molecule has 2 aliphatic rings. The summed E-state index contributed by atoms with van der Waals surface area (Å²) in [6.45, 7) is 2.92. The number of ketones is 1. The minimum Gasteiger partial charge on any atom is -0.305 e. The van der Waals surface area contributed by atoms with E-state index in [4.69, 9.17) is 0 Å². The maximum absolute atomic E-state index is 12.2. The Labute approximate surface area is 92.2 Å². The standard InChI is InChI=1S/C12H22N2O/c1-14-8-7-13-11(9-14)12(15)10-5-3-2-4-6-10/h10-11,13H,2-9H2,1H3. The molecule has 1 aliphatic heterocycles. The van der Waals surface area contributed by atoms with Crippen molar-refractivity contribution in [2.45, 2.75) is 38.1 Å². The largest absolute Gasteiger partial charge is 0.305 e. The number of hydrogen-bond acceptors (Lipinski definition) is 3. The van der Waals surface area contributed by atoms with Crippen molar-refractivity contribution in [2.75, 3.05) is 26.7 Å². The van der Waals surface area contributed by atoms with Gasteiger partial charge in [0.05, 0.1) is 6.04 Å². The predicted octanol–water partition coefficient (Wildman–Crippen LogP) is 1.04. The lowest BCUT2D eigenvalue weighted by Crippen LogP contribution is -2.54. The first-order valence-electron chi connectivity index (χ1n) is 6.23. The Kier molecular flexibility index (Phi) is 3.76. The summed E-state index contributed by atoms with van der Waals surface area (Å²) in [6, 6.07) is 0.104. The maximum Gasteiger partial charge on any atom is 0.154 e. The number of Topliss-reactive ketones (excluding diaryl/α,β-unsaturated/α-hetero) is 1. The molecule has 2 fully saturated rings. The lowest BCUT2D eigenvalue weighted by molar-refractivity contribution is -0.126. The van der Waals surface area contributed by atoms with Gasteiger partial charge in [-0.15, -0.1) is 0 Å². The Morgan fingerprint density at radius 1 is 1.27 bits per heavy atom. The zero-order chi connectivity index (χ0) is 10.7. The van der Waals surface area contributed by atoms with Crippen LogP contribution in [0.2, 0.25) is 0 Å². The molecule has 0 spiro atoms. The topological polar surface area (TPSA) is 32.3 Å². The SMILES string of the molecule is CN1CCNC(C(=O)C2CCCCC2)C1. The molecule has 3 nitrogen and oxygen atoms in total. The molecular formula is C12H22N2O. The van der Waals surface area contributed by atoms with Crippen molar-refractivity contribution in [3.8, 4) is 0 Å². The van der Waals surface area contributed by atoms with Crippen LogP contribution < -0.4 is 5.32 Å². The van der Waals surface area contributed by atoms with Crippen LogP contribution >= 0.6 is 0 Å². The van der Waals surface area contributed by atoms with Crippen LogP contribution in [-0.4, -0.2) is 43.4 Å². The number of likely N-dealkylation sites (N-methyl/N-ethyl adjacent to an activating group) is 1. The third-order valence-electron chi connectivity index (χ3n) is 3.73. The second-order valence-electron chi connectivity index (χ2n) is 5.01. The molecule has 0 amide bonds. The van der Waals surface area contributed by atoms with E-state index in [0.717, 1.165) is 32.5 Å². The Morgan fingerprint density at radius 3 is 2.67 bits per heavy atom. The zero-order valence-corrected chi connectivity index (χ0v) is 9.67. The van der Waals surface area contributed by atoms with Gasteiger partial charge in [0, 0.05) is 25.6 Å². The van der Waals surface area contributed by atoms with Crippen LogP contribution in [0.1, 0.15) is 32.1 Å². The van der Waals surface area contributed by atoms with Gasteiger partial charge in [-0.2, -0.15) is 0 Å². The van der Waals surface area contributed by atoms with Gasteiger partial charge < -0.3 is 10.2 Å². The minimum atomic E-state index is 0.104. The molecule has 0 radical (unpaired) electrons. The fraction of sp³-hybridized carbons (Fsp3) is 0.917. The normalized spacial score (nSPS) is 30.3. The molecule has 15 heavy (non-hydrogen) atoms.